The molecule has 2 fully saturated rings. The molecule has 4 nitrogen and oxygen atoms in total. The van der Waals surface area contributed by atoms with Gasteiger partial charge in [-0.15, -0.1) is 12.4 Å². The van der Waals surface area contributed by atoms with Crippen molar-refractivity contribution in [3.63, 3.8) is 0 Å². The molecule has 21 heavy (non-hydrogen) atoms. The van der Waals surface area contributed by atoms with Crippen molar-refractivity contribution in [3.05, 3.63) is 29.8 Å². The van der Waals surface area contributed by atoms with E-state index in [1.165, 1.54) is 5.56 Å². The van der Waals surface area contributed by atoms with E-state index in [9.17, 15) is 4.79 Å². The summed E-state index contributed by atoms with van der Waals surface area (Å²) in [7, 11) is 1.67. The van der Waals surface area contributed by atoms with Gasteiger partial charge in [0.25, 0.3) is 0 Å². The van der Waals surface area contributed by atoms with Gasteiger partial charge in [-0.3, -0.25) is 4.79 Å². The lowest BCUT2D eigenvalue weighted by molar-refractivity contribution is -0.130. The fraction of sp³-hybridized carbons (Fsp3) is 0.562. The van der Waals surface area contributed by atoms with Gasteiger partial charge in [0.2, 0.25) is 5.91 Å². The smallest absolute Gasteiger partial charge is 0.222 e. The van der Waals surface area contributed by atoms with Crippen molar-refractivity contribution in [1.82, 2.24) is 10.2 Å². The largest absolute Gasteiger partial charge is 0.497 e. The molecule has 2 saturated heterocycles. The Hall–Kier alpha value is -1.26. The molecule has 0 bridgehead atoms. The van der Waals surface area contributed by atoms with E-state index in [4.69, 9.17) is 4.74 Å². The van der Waals surface area contributed by atoms with Crippen molar-refractivity contribution >= 4 is 18.3 Å². The number of fused-ring (bicyclic) bond motifs is 1. The van der Waals surface area contributed by atoms with Crippen LogP contribution in [-0.4, -0.2) is 44.1 Å². The number of amides is 1. The highest BCUT2D eigenvalue weighted by Gasteiger charge is 2.37. The highest BCUT2D eigenvalue weighted by molar-refractivity contribution is 5.85. The second-order valence-electron chi connectivity index (χ2n) is 5.83. The van der Waals surface area contributed by atoms with Gasteiger partial charge < -0.3 is 15.0 Å². The number of ether oxygens (including phenoxy) is 1. The molecule has 0 spiro atoms. The Balaban J connectivity index is 0.00000161. The maximum absolute atomic E-state index is 12.3. The summed E-state index contributed by atoms with van der Waals surface area (Å²) in [6.45, 7) is 4.03. The van der Waals surface area contributed by atoms with Crippen molar-refractivity contribution in [1.29, 1.82) is 0 Å². The zero-order chi connectivity index (χ0) is 13.9. The molecule has 3 rings (SSSR count). The average Bonchev–Trinajstić information content (AvgIpc) is 3.06. The molecule has 1 aromatic carbocycles. The van der Waals surface area contributed by atoms with Gasteiger partial charge in [0.05, 0.1) is 7.11 Å². The number of hydrogen-bond acceptors (Lipinski definition) is 3. The zero-order valence-electron chi connectivity index (χ0n) is 12.4. The van der Waals surface area contributed by atoms with E-state index in [0.717, 1.165) is 38.3 Å². The molecule has 1 aromatic rings. The topological polar surface area (TPSA) is 41.6 Å². The van der Waals surface area contributed by atoms with Crippen LogP contribution >= 0.6 is 12.4 Å². The summed E-state index contributed by atoms with van der Waals surface area (Å²) in [5.41, 5.74) is 1.17. The third-order valence-corrected chi connectivity index (χ3v) is 4.50. The first-order valence-electron chi connectivity index (χ1n) is 7.37. The van der Waals surface area contributed by atoms with Crippen molar-refractivity contribution in [2.75, 3.05) is 33.3 Å². The minimum absolute atomic E-state index is 0. The Morgan fingerprint density at radius 3 is 2.71 bits per heavy atom. The van der Waals surface area contributed by atoms with Gasteiger partial charge >= 0.3 is 0 Å². The molecular weight excluding hydrogens is 288 g/mol. The number of methoxy groups -OCH3 is 1. The summed E-state index contributed by atoms with van der Waals surface area (Å²) < 4.78 is 5.21. The van der Waals surface area contributed by atoms with E-state index in [1.54, 1.807) is 7.11 Å². The summed E-state index contributed by atoms with van der Waals surface area (Å²) in [6.07, 6.45) is 1.39. The van der Waals surface area contributed by atoms with Crippen LogP contribution in [0.5, 0.6) is 5.75 Å². The second kappa shape index (κ2) is 7.14. The van der Waals surface area contributed by atoms with Crippen LogP contribution in [0.4, 0.5) is 0 Å². The zero-order valence-corrected chi connectivity index (χ0v) is 13.2. The number of rotatable bonds is 4. The summed E-state index contributed by atoms with van der Waals surface area (Å²) >= 11 is 0. The SMILES string of the molecule is COc1cccc(CCC(=O)N2C[C@H]3CNC[C@H]3C2)c1.Cl. The lowest BCUT2D eigenvalue weighted by Crippen LogP contribution is -2.31. The van der Waals surface area contributed by atoms with Gasteiger partial charge in [0, 0.05) is 32.6 Å². The molecule has 0 unspecified atom stereocenters. The first-order valence-corrected chi connectivity index (χ1v) is 7.37. The Morgan fingerprint density at radius 2 is 2.05 bits per heavy atom. The number of nitrogens with zero attached hydrogens (tertiary/aromatic N) is 1. The predicted molar refractivity (Wildman–Crippen MR) is 85.0 cm³/mol. The molecule has 0 aromatic heterocycles. The highest BCUT2D eigenvalue weighted by Crippen LogP contribution is 2.26. The number of likely N-dealkylation sites (tertiary alicyclic amines) is 1. The molecule has 5 heteroatoms. The molecule has 2 aliphatic heterocycles. The highest BCUT2D eigenvalue weighted by atomic mass is 35.5. The number of halogens is 1. The Bertz CT molecular complexity index is 483. The van der Waals surface area contributed by atoms with Gasteiger partial charge in [-0.25, -0.2) is 0 Å². The third kappa shape index (κ3) is 3.69. The first kappa shape index (κ1) is 16.1. The van der Waals surface area contributed by atoms with E-state index < -0.39 is 0 Å². The van der Waals surface area contributed by atoms with Crippen molar-refractivity contribution in [2.45, 2.75) is 12.8 Å². The fourth-order valence-electron chi connectivity index (χ4n) is 3.30. The normalized spacial score (nSPS) is 23.6. The molecule has 2 atom stereocenters. The number of benzene rings is 1. The second-order valence-corrected chi connectivity index (χ2v) is 5.83. The van der Waals surface area contributed by atoms with Crippen LogP contribution in [0.25, 0.3) is 0 Å². The summed E-state index contributed by atoms with van der Waals surface area (Å²) in [5.74, 6) is 2.51. The third-order valence-electron chi connectivity index (χ3n) is 4.50. The molecule has 1 amide bonds. The quantitative estimate of drug-likeness (QED) is 0.921. The van der Waals surface area contributed by atoms with Gasteiger partial charge in [-0.2, -0.15) is 0 Å². The molecule has 2 heterocycles. The molecule has 0 aliphatic carbocycles. The van der Waals surface area contributed by atoms with Gasteiger partial charge in [-0.05, 0) is 36.0 Å². The number of hydrogen-bond donors (Lipinski definition) is 1. The van der Waals surface area contributed by atoms with Crippen LogP contribution in [0.2, 0.25) is 0 Å². The molecule has 2 aliphatic rings. The van der Waals surface area contributed by atoms with E-state index >= 15 is 0 Å². The van der Waals surface area contributed by atoms with Gasteiger partial charge in [0.15, 0.2) is 0 Å². The predicted octanol–water partition coefficient (Wildman–Crippen LogP) is 1.73. The monoisotopic (exact) mass is 310 g/mol. The van der Waals surface area contributed by atoms with Gasteiger partial charge in [-0.1, -0.05) is 12.1 Å². The first-order chi connectivity index (χ1) is 9.76. The van der Waals surface area contributed by atoms with E-state index in [-0.39, 0.29) is 12.4 Å². The molecule has 0 radical (unpaired) electrons. The van der Waals surface area contributed by atoms with Crippen LogP contribution < -0.4 is 10.1 Å². The minimum Gasteiger partial charge on any atom is -0.497 e. The fourth-order valence-corrected chi connectivity index (χ4v) is 3.30. The maximum Gasteiger partial charge on any atom is 0.222 e. The summed E-state index contributed by atoms with van der Waals surface area (Å²) in [6, 6.07) is 7.97. The van der Waals surface area contributed by atoms with E-state index in [1.807, 2.05) is 18.2 Å². The van der Waals surface area contributed by atoms with Crippen LogP contribution in [0.15, 0.2) is 24.3 Å². The van der Waals surface area contributed by atoms with Crippen LogP contribution in [0, 0.1) is 11.8 Å². The van der Waals surface area contributed by atoms with Gasteiger partial charge in [0.1, 0.15) is 5.75 Å². The molecule has 116 valence electrons. The molecule has 0 saturated carbocycles. The van der Waals surface area contributed by atoms with Crippen molar-refractivity contribution in [3.8, 4) is 5.75 Å². The molecular formula is C16H23ClN2O2. The van der Waals surface area contributed by atoms with E-state index in [0.29, 0.717) is 24.2 Å². The Labute approximate surface area is 132 Å². The number of carbonyl (C=O) groups excluding carboxylic acids is 1. The van der Waals surface area contributed by atoms with Crippen LogP contribution in [-0.2, 0) is 11.2 Å². The molecule has 1 N–H and O–H groups in total. The summed E-state index contributed by atoms with van der Waals surface area (Å²) in [4.78, 5) is 14.3. The summed E-state index contributed by atoms with van der Waals surface area (Å²) in [5, 5.41) is 3.40. The number of nitrogens with one attached hydrogen (secondary N) is 1. The van der Waals surface area contributed by atoms with E-state index in [2.05, 4.69) is 16.3 Å². The lowest BCUT2D eigenvalue weighted by atomic mass is 10.0. The maximum atomic E-state index is 12.3. The lowest BCUT2D eigenvalue weighted by Gasteiger charge is -2.17. The minimum atomic E-state index is 0. The standard InChI is InChI=1S/C16H22N2O2.ClH/c1-20-15-4-2-3-12(7-15)5-6-16(19)18-10-13-8-17-9-14(13)11-18;/h2-4,7,13-14,17H,5-6,8-11H2,1H3;1H/t13-,14+;. The van der Waals surface area contributed by atoms with Crippen LogP contribution in [0.1, 0.15) is 12.0 Å². The van der Waals surface area contributed by atoms with Crippen molar-refractivity contribution < 1.29 is 9.53 Å². The Morgan fingerprint density at radius 1 is 1.33 bits per heavy atom. The number of carbonyl (C=O) groups is 1. The van der Waals surface area contributed by atoms with Crippen molar-refractivity contribution in [2.24, 2.45) is 11.8 Å². The average molecular weight is 311 g/mol. The number of aryl methyl sites for hydroxylation is 1. The Kier molecular flexibility index (Phi) is 5.48. The van der Waals surface area contributed by atoms with Crippen LogP contribution in [0.3, 0.4) is 0 Å².